The summed E-state index contributed by atoms with van der Waals surface area (Å²) in [5.41, 5.74) is 1.03. The second kappa shape index (κ2) is 6.75. The van der Waals surface area contributed by atoms with Crippen molar-refractivity contribution < 1.29 is 19.0 Å². The zero-order valence-electron chi connectivity index (χ0n) is 11.7. The summed E-state index contributed by atoms with van der Waals surface area (Å²) in [7, 11) is 0. The fraction of sp³-hybridized carbons (Fsp3) is 0.533. The normalized spacial score (nSPS) is 26.6. The highest BCUT2D eigenvalue weighted by molar-refractivity contribution is 6.30. The lowest BCUT2D eigenvalue weighted by atomic mass is 10.1. The zero-order valence-corrected chi connectivity index (χ0v) is 12.4. The molecule has 114 valence electrons. The van der Waals surface area contributed by atoms with E-state index in [1.165, 1.54) is 0 Å². The van der Waals surface area contributed by atoms with Gasteiger partial charge in [0.15, 0.2) is 6.10 Å². The molecule has 2 atom stereocenters. The minimum Gasteiger partial charge on any atom is -0.376 e. The molecule has 2 aliphatic heterocycles. The number of rotatable bonds is 2. The van der Waals surface area contributed by atoms with Gasteiger partial charge >= 0.3 is 0 Å². The molecule has 2 saturated heterocycles. The fourth-order valence-corrected chi connectivity index (χ4v) is 2.69. The SMILES string of the molecule is O=C([C@H]1COCCO1)N1CCO[C@@H](c2ccc(Cl)cc2)C1. The van der Waals surface area contributed by atoms with Crippen LogP contribution in [0, 0.1) is 0 Å². The molecule has 2 aliphatic rings. The maximum atomic E-state index is 12.4. The molecule has 5 nitrogen and oxygen atoms in total. The number of hydrogen-bond donors (Lipinski definition) is 0. The van der Waals surface area contributed by atoms with Crippen LogP contribution in [0.1, 0.15) is 11.7 Å². The Labute approximate surface area is 128 Å². The Hall–Kier alpha value is -1.14. The molecule has 1 amide bonds. The van der Waals surface area contributed by atoms with Gasteiger partial charge in [0.25, 0.3) is 5.91 Å². The molecule has 0 saturated carbocycles. The van der Waals surface area contributed by atoms with Crippen LogP contribution in [0.5, 0.6) is 0 Å². The molecule has 2 fully saturated rings. The molecule has 1 aromatic carbocycles. The van der Waals surface area contributed by atoms with Crippen molar-refractivity contribution in [2.75, 3.05) is 39.5 Å². The lowest BCUT2D eigenvalue weighted by Gasteiger charge is -2.35. The Morgan fingerprint density at radius 1 is 1.14 bits per heavy atom. The highest BCUT2D eigenvalue weighted by Crippen LogP contribution is 2.24. The lowest BCUT2D eigenvalue weighted by molar-refractivity contribution is -0.164. The van der Waals surface area contributed by atoms with Crippen molar-refractivity contribution in [1.82, 2.24) is 4.90 Å². The summed E-state index contributed by atoms with van der Waals surface area (Å²) in [4.78, 5) is 14.2. The molecule has 1 aromatic rings. The number of ether oxygens (including phenoxy) is 3. The molecule has 0 bridgehead atoms. The third kappa shape index (κ3) is 3.55. The van der Waals surface area contributed by atoms with E-state index in [1.54, 1.807) is 4.90 Å². The highest BCUT2D eigenvalue weighted by Gasteiger charge is 2.31. The van der Waals surface area contributed by atoms with Crippen molar-refractivity contribution in [1.29, 1.82) is 0 Å². The monoisotopic (exact) mass is 311 g/mol. The van der Waals surface area contributed by atoms with E-state index < -0.39 is 6.10 Å². The van der Waals surface area contributed by atoms with Crippen molar-refractivity contribution in [3.63, 3.8) is 0 Å². The smallest absolute Gasteiger partial charge is 0.254 e. The largest absolute Gasteiger partial charge is 0.376 e. The second-order valence-electron chi connectivity index (χ2n) is 5.13. The van der Waals surface area contributed by atoms with E-state index in [1.807, 2.05) is 24.3 Å². The Balaban J connectivity index is 1.64. The van der Waals surface area contributed by atoms with Gasteiger partial charge in [-0.1, -0.05) is 23.7 Å². The van der Waals surface area contributed by atoms with E-state index >= 15 is 0 Å². The quantitative estimate of drug-likeness (QED) is 0.833. The summed E-state index contributed by atoms with van der Waals surface area (Å²) in [6.07, 6.45) is -0.604. The first-order valence-corrected chi connectivity index (χ1v) is 7.47. The average molecular weight is 312 g/mol. The van der Waals surface area contributed by atoms with Crippen molar-refractivity contribution in [2.24, 2.45) is 0 Å². The van der Waals surface area contributed by atoms with E-state index in [4.69, 9.17) is 25.8 Å². The summed E-state index contributed by atoms with van der Waals surface area (Å²) in [6, 6.07) is 7.53. The summed E-state index contributed by atoms with van der Waals surface area (Å²) in [5.74, 6) is -0.0167. The van der Waals surface area contributed by atoms with Crippen LogP contribution in [-0.4, -0.2) is 56.4 Å². The first kappa shape index (κ1) is 14.8. The number of benzene rings is 1. The predicted molar refractivity (Wildman–Crippen MR) is 77.3 cm³/mol. The van der Waals surface area contributed by atoms with Crippen LogP contribution in [-0.2, 0) is 19.0 Å². The van der Waals surface area contributed by atoms with Crippen molar-refractivity contribution in [2.45, 2.75) is 12.2 Å². The summed E-state index contributed by atoms with van der Waals surface area (Å²) < 4.78 is 16.5. The topological polar surface area (TPSA) is 48.0 Å². The molecule has 6 heteroatoms. The Morgan fingerprint density at radius 3 is 2.67 bits per heavy atom. The number of nitrogens with zero attached hydrogens (tertiary/aromatic N) is 1. The van der Waals surface area contributed by atoms with Crippen molar-refractivity contribution in [3.8, 4) is 0 Å². The molecule has 2 heterocycles. The van der Waals surface area contributed by atoms with E-state index in [9.17, 15) is 4.79 Å². The van der Waals surface area contributed by atoms with Gasteiger partial charge in [-0.25, -0.2) is 0 Å². The number of amides is 1. The second-order valence-corrected chi connectivity index (χ2v) is 5.57. The Bertz CT molecular complexity index is 487. The highest BCUT2D eigenvalue weighted by atomic mass is 35.5. The van der Waals surface area contributed by atoms with Gasteiger partial charge in [-0.15, -0.1) is 0 Å². The Kier molecular flexibility index (Phi) is 4.75. The van der Waals surface area contributed by atoms with Crippen LogP contribution in [0.2, 0.25) is 5.02 Å². The van der Waals surface area contributed by atoms with Crippen LogP contribution in [0.25, 0.3) is 0 Å². The third-order valence-electron chi connectivity index (χ3n) is 3.71. The zero-order chi connectivity index (χ0) is 14.7. The number of hydrogen-bond acceptors (Lipinski definition) is 4. The maximum Gasteiger partial charge on any atom is 0.254 e. The molecule has 0 aromatic heterocycles. The van der Waals surface area contributed by atoms with Crippen LogP contribution in [0.3, 0.4) is 0 Å². The maximum absolute atomic E-state index is 12.4. The molecule has 0 unspecified atom stereocenters. The van der Waals surface area contributed by atoms with Crippen LogP contribution in [0.4, 0.5) is 0 Å². The first-order chi connectivity index (χ1) is 10.2. The Morgan fingerprint density at radius 2 is 1.95 bits per heavy atom. The van der Waals surface area contributed by atoms with Gasteiger partial charge in [-0.2, -0.15) is 0 Å². The summed E-state index contributed by atoms with van der Waals surface area (Å²) in [5, 5.41) is 0.690. The van der Waals surface area contributed by atoms with Gasteiger partial charge in [-0.3, -0.25) is 4.79 Å². The molecule has 0 N–H and O–H groups in total. The number of carbonyl (C=O) groups excluding carboxylic acids is 1. The molecule has 21 heavy (non-hydrogen) atoms. The van der Waals surface area contributed by atoms with Gasteiger partial charge in [0.2, 0.25) is 0 Å². The van der Waals surface area contributed by atoms with Crippen LogP contribution in [0.15, 0.2) is 24.3 Å². The molecular weight excluding hydrogens is 294 g/mol. The molecule has 0 spiro atoms. The number of halogens is 1. The van der Waals surface area contributed by atoms with E-state index in [2.05, 4.69) is 0 Å². The standard InChI is InChI=1S/C15H18ClNO4/c16-12-3-1-11(2-4-12)13-9-17(5-6-20-13)15(18)14-10-19-7-8-21-14/h1-4,13-14H,5-10H2/t13-,14-/m1/s1. The molecule has 3 rings (SSSR count). The van der Waals surface area contributed by atoms with E-state index in [-0.39, 0.29) is 12.0 Å². The summed E-state index contributed by atoms with van der Waals surface area (Å²) >= 11 is 5.90. The number of morpholine rings is 1. The van der Waals surface area contributed by atoms with Crippen LogP contribution >= 0.6 is 11.6 Å². The van der Waals surface area contributed by atoms with Gasteiger partial charge in [0.05, 0.1) is 33.0 Å². The fourth-order valence-electron chi connectivity index (χ4n) is 2.56. The first-order valence-electron chi connectivity index (χ1n) is 7.09. The van der Waals surface area contributed by atoms with Gasteiger partial charge in [0, 0.05) is 11.6 Å². The van der Waals surface area contributed by atoms with Gasteiger partial charge in [0.1, 0.15) is 6.10 Å². The molecule has 0 aliphatic carbocycles. The predicted octanol–water partition coefficient (Wildman–Crippen LogP) is 1.66. The van der Waals surface area contributed by atoms with E-state index in [0.29, 0.717) is 44.5 Å². The van der Waals surface area contributed by atoms with Gasteiger partial charge < -0.3 is 19.1 Å². The van der Waals surface area contributed by atoms with Crippen molar-refractivity contribution in [3.05, 3.63) is 34.9 Å². The van der Waals surface area contributed by atoms with Crippen LogP contribution < -0.4 is 0 Å². The molecular formula is C15H18ClNO4. The minimum atomic E-state index is -0.484. The summed E-state index contributed by atoms with van der Waals surface area (Å²) in [6.45, 7) is 3.00. The average Bonchev–Trinajstić information content (AvgIpc) is 2.56. The van der Waals surface area contributed by atoms with E-state index in [0.717, 1.165) is 5.56 Å². The van der Waals surface area contributed by atoms with Gasteiger partial charge in [-0.05, 0) is 17.7 Å². The lowest BCUT2D eigenvalue weighted by Crippen LogP contribution is -2.50. The van der Waals surface area contributed by atoms with Crippen molar-refractivity contribution >= 4 is 17.5 Å². The minimum absolute atomic E-state index is 0.0167. The number of carbonyl (C=O) groups is 1. The molecule has 0 radical (unpaired) electrons. The third-order valence-corrected chi connectivity index (χ3v) is 3.96.